The smallest absolute Gasteiger partial charge is 0.318 e. The summed E-state index contributed by atoms with van der Waals surface area (Å²) in [5, 5.41) is 15.0. The van der Waals surface area contributed by atoms with Gasteiger partial charge in [-0.3, -0.25) is 4.79 Å². The molecule has 2 aromatic rings. The van der Waals surface area contributed by atoms with Crippen molar-refractivity contribution in [3.63, 3.8) is 0 Å². The van der Waals surface area contributed by atoms with E-state index in [1.165, 1.54) is 12.1 Å². The summed E-state index contributed by atoms with van der Waals surface area (Å²) in [6.45, 7) is 6.51. The quantitative estimate of drug-likeness (QED) is 0.679. The lowest BCUT2D eigenvalue weighted by Gasteiger charge is -2.37. The molecule has 154 valence electrons. The molecule has 1 heterocycles. The minimum atomic E-state index is -0.650. The predicted octanol–water partition coefficient (Wildman–Crippen LogP) is 2.89. The van der Waals surface area contributed by atoms with E-state index < -0.39 is 6.04 Å². The molecule has 3 amide bonds. The first-order valence-electron chi connectivity index (χ1n) is 9.89. The highest BCUT2D eigenvalue weighted by Crippen LogP contribution is 2.17. The maximum atomic E-state index is 12.7. The van der Waals surface area contributed by atoms with Crippen LogP contribution in [0.2, 0.25) is 0 Å². The van der Waals surface area contributed by atoms with Gasteiger partial charge in [0.25, 0.3) is 0 Å². The zero-order valence-corrected chi connectivity index (χ0v) is 16.8. The van der Waals surface area contributed by atoms with Gasteiger partial charge in [0.1, 0.15) is 11.8 Å². The maximum absolute atomic E-state index is 12.7. The van der Waals surface area contributed by atoms with Gasteiger partial charge in [-0.1, -0.05) is 32.0 Å². The number of para-hydroxylation sites is 1. The van der Waals surface area contributed by atoms with Crippen LogP contribution in [0.25, 0.3) is 0 Å². The summed E-state index contributed by atoms with van der Waals surface area (Å²) in [5.41, 5.74) is 1.73. The molecule has 7 nitrogen and oxygen atoms in total. The molecule has 1 aliphatic rings. The highest BCUT2D eigenvalue weighted by Gasteiger charge is 2.28. The zero-order chi connectivity index (χ0) is 20.8. The van der Waals surface area contributed by atoms with Gasteiger partial charge >= 0.3 is 6.03 Å². The molecule has 0 spiro atoms. The van der Waals surface area contributed by atoms with Crippen molar-refractivity contribution < 1.29 is 14.7 Å². The number of phenolic OH excluding ortho intramolecular Hbond substituents is 1. The molecule has 0 radical (unpaired) electrons. The van der Waals surface area contributed by atoms with E-state index >= 15 is 0 Å². The maximum Gasteiger partial charge on any atom is 0.318 e. The Hall–Kier alpha value is -3.22. The summed E-state index contributed by atoms with van der Waals surface area (Å²) >= 11 is 0. The van der Waals surface area contributed by atoms with Crippen molar-refractivity contribution in [3.8, 4) is 5.75 Å². The van der Waals surface area contributed by atoms with Crippen molar-refractivity contribution in [1.82, 2.24) is 10.2 Å². The fraction of sp³-hybridized carbons (Fsp3) is 0.364. The van der Waals surface area contributed by atoms with Gasteiger partial charge in [-0.05, 0) is 42.3 Å². The molecule has 3 rings (SSSR count). The summed E-state index contributed by atoms with van der Waals surface area (Å²) in [6, 6.07) is 15.5. The van der Waals surface area contributed by atoms with Gasteiger partial charge in [0.05, 0.1) is 0 Å². The number of carbonyl (C=O) groups is 2. The molecule has 29 heavy (non-hydrogen) atoms. The number of hydrogen-bond acceptors (Lipinski definition) is 4. The predicted molar refractivity (Wildman–Crippen MR) is 114 cm³/mol. The third-order valence-corrected chi connectivity index (χ3v) is 5.05. The van der Waals surface area contributed by atoms with E-state index in [9.17, 15) is 14.7 Å². The Kier molecular flexibility index (Phi) is 6.59. The van der Waals surface area contributed by atoms with Gasteiger partial charge in [-0.25, -0.2) is 4.79 Å². The number of nitrogens with zero attached hydrogens (tertiary/aromatic N) is 2. The van der Waals surface area contributed by atoms with Crippen molar-refractivity contribution in [2.24, 2.45) is 5.92 Å². The molecular weight excluding hydrogens is 368 g/mol. The topological polar surface area (TPSA) is 84.9 Å². The summed E-state index contributed by atoms with van der Waals surface area (Å²) in [4.78, 5) is 29.4. The molecule has 0 saturated carbocycles. The van der Waals surface area contributed by atoms with E-state index in [1.54, 1.807) is 17.0 Å². The Morgan fingerprint density at radius 1 is 0.931 bits per heavy atom. The van der Waals surface area contributed by atoms with E-state index in [-0.39, 0.29) is 23.6 Å². The van der Waals surface area contributed by atoms with Crippen LogP contribution in [0.3, 0.4) is 0 Å². The summed E-state index contributed by atoms with van der Waals surface area (Å²) in [6.07, 6.45) is 0. The van der Waals surface area contributed by atoms with Crippen LogP contribution < -0.4 is 15.5 Å². The molecule has 0 unspecified atom stereocenters. The van der Waals surface area contributed by atoms with Crippen LogP contribution in [0.5, 0.6) is 5.75 Å². The van der Waals surface area contributed by atoms with Crippen molar-refractivity contribution in [3.05, 3.63) is 54.6 Å². The molecule has 1 aliphatic heterocycles. The number of urea groups is 1. The average Bonchev–Trinajstić information content (AvgIpc) is 2.74. The van der Waals surface area contributed by atoms with E-state index in [4.69, 9.17) is 0 Å². The number of nitrogens with one attached hydrogen (secondary N) is 2. The monoisotopic (exact) mass is 396 g/mol. The molecule has 0 aromatic heterocycles. The van der Waals surface area contributed by atoms with Gasteiger partial charge in [-0.2, -0.15) is 0 Å². The molecule has 1 fully saturated rings. The van der Waals surface area contributed by atoms with Gasteiger partial charge in [-0.15, -0.1) is 0 Å². The van der Waals surface area contributed by atoms with Crippen molar-refractivity contribution in [2.75, 3.05) is 36.4 Å². The van der Waals surface area contributed by atoms with Gasteiger partial charge in [0.15, 0.2) is 0 Å². The van der Waals surface area contributed by atoms with Crippen molar-refractivity contribution in [2.45, 2.75) is 19.9 Å². The minimum absolute atomic E-state index is 0.0679. The number of phenols is 1. The fourth-order valence-corrected chi connectivity index (χ4v) is 3.33. The SMILES string of the molecule is CC(C)[C@@H](NC(=O)N1CCN(c2ccccc2)CC1)C(=O)Nc1ccc(O)cc1. The number of hydrogen-bond donors (Lipinski definition) is 3. The molecular formula is C22H28N4O3. The number of rotatable bonds is 5. The van der Waals surface area contributed by atoms with E-state index in [1.807, 2.05) is 32.0 Å². The highest BCUT2D eigenvalue weighted by atomic mass is 16.3. The van der Waals surface area contributed by atoms with Gasteiger partial charge < -0.3 is 25.5 Å². The fourth-order valence-electron chi connectivity index (χ4n) is 3.33. The average molecular weight is 396 g/mol. The summed E-state index contributed by atoms with van der Waals surface area (Å²) < 4.78 is 0. The zero-order valence-electron chi connectivity index (χ0n) is 16.8. The van der Waals surface area contributed by atoms with Gasteiger partial charge in [0, 0.05) is 37.6 Å². The molecule has 0 aliphatic carbocycles. The number of aromatic hydroxyl groups is 1. The van der Waals surface area contributed by atoms with E-state index in [0.717, 1.165) is 18.8 Å². The third kappa shape index (κ3) is 5.40. The molecule has 2 aromatic carbocycles. The van der Waals surface area contributed by atoms with E-state index in [2.05, 4.69) is 27.7 Å². The Balaban J connectivity index is 1.55. The third-order valence-electron chi connectivity index (χ3n) is 5.05. The first-order valence-corrected chi connectivity index (χ1v) is 9.89. The van der Waals surface area contributed by atoms with Crippen LogP contribution in [0.1, 0.15) is 13.8 Å². The van der Waals surface area contributed by atoms with Crippen LogP contribution in [-0.4, -0.2) is 54.2 Å². The standard InChI is InChI=1S/C22H28N4O3/c1-16(2)20(21(28)23-17-8-10-19(27)11-9-17)24-22(29)26-14-12-25(13-15-26)18-6-4-3-5-7-18/h3-11,16,20,27H,12-15H2,1-2H3,(H,23,28)(H,24,29)/t20-/m1/s1. The van der Waals surface area contributed by atoms with Crippen molar-refractivity contribution in [1.29, 1.82) is 0 Å². The Morgan fingerprint density at radius 2 is 1.55 bits per heavy atom. The summed E-state index contributed by atoms with van der Waals surface area (Å²) in [5.74, 6) is -0.213. The van der Waals surface area contributed by atoms with Gasteiger partial charge in [0.2, 0.25) is 5.91 Å². The molecule has 1 atom stereocenters. The second kappa shape index (κ2) is 9.32. The van der Waals surface area contributed by atoms with Crippen LogP contribution in [0, 0.1) is 5.92 Å². The van der Waals surface area contributed by atoms with Crippen molar-refractivity contribution >= 4 is 23.3 Å². The first kappa shape index (κ1) is 20.5. The Morgan fingerprint density at radius 3 is 2.14 bits per heavy atom. The second-order valence-corrected chi connectivity index (χ2v) is 7.52. The Bertz CT molecular complexity index is 816. The normalized spacial score (nSPS) is 15.1. The lowest BCUT2D eigenvalue weighted by atomic mass is 10.0. The second-order valence-electron chi connectivity index (χ2n) is 7.52. The number of anilines is 2. The van der Waals surface area contributed by atoms with Crippen LogP contribution in [0.4, 0.5) is 16.2 Å². The molecule has 7 heteroatoms. The van der Waals surface area contributed by atoms with Crippen LogP contribution in [-0.2, 0) is 4.79 Å². The molecule has 3 N–H and O–H groups in total. The highest BCUT2D eigenvalue weighted by molar-refractivity contribution is 5.97. The minimum Gasteiger partial charge on any atom is -0.508 e. The first-order chi connectivity index (χ1) is 13.9. The number of carbonyl (C=O) groups excluding carboxylic acids is 2. The van der Waals surface area contributed by atoms with E-state index in [0.29, 0.717) is 18.8 Å². The summed E-state index contributed by atoms with van der Waals surface area (Å²) in [7, 11) is 0. The number of amides is 3. The number of benzene rings is 2. The largest absolute Gasteiger partial charge is 0.508 e. The van der Waals surface area contributed by atoms with Crippen LogP contribution in [0.15, 0.2) is 54.6 Å². The number of piperazine rings is 1. The molecule has 0 bridgehead atoms. The lowest BCUT2D eigenvalue weighted by Crippen LogP contribution is -2.56. The lowest BCUT2D eigenvalue weighted by molar-refractivity contribution is -0.118. The molecule has 1 saturated heterocycles. The van der Waals surface area contributed by atoms with Crippen LogP contribution >= 0.6 is 0 Å². The Labute approximate surface area is 171 Å².